The number of aromatic hydroxyl groups is 1. The van der Waals surface area contributed by atoms with Crippen LogP contribution in [-0.4, -0.2) is 35.3 Å². The zero-order valence-corrected chi connectivity index (χ0v) is 21.2. The summed E-state index contributed by atoms with van der Waals surface area (Å²) in [4.78, 5) is 39.8. The maximum absolute atomic E-state index is 13.6. The van der Waals surface area contributed by atoms with Crippen LogP contribution in [0.3, 0.4) is 0 Å². The van der Waals surface area contributed by atoms with Crippen LogP contribution in [0.15, 0.2) is 108 Å². The molecule has 0 aliphatic heterocycles. The Bertz CT molecular complexity index is 1900. The van der Waals surface area contributed by atoms with Gasteiger partial charge in [-0.25, -0.2) is 9.67 Å². The molecular formula is C30H22N6O4. The van der Waals surface area contributed by atoms with E-state index in [1.165, 1.54) is 10.9 Å². The molecule has 0 aliphatic rings. The van der Waals surface area contributed by atoms with Gasteiger partial charge in [0, 0.05) is 42.7 Å². The lowest BCUT2D eigenvalue weighted by molar-refractivity contribution is 0.102. The number of amides is 1. The maximum Gasteiger partial charge on any atom is 0.284 e. The number of anilines is 1. The van der Waals surface area contributed by atoms with E-state index in [1.807, 2.05) is 18.2 Å². The Balaban J connectivity index is 1.31. The van der Waals surface area contributed by atoms with Gasteiger partial charge in [0.1, 0.15) is 28.6 Å². The summed E-state index contributed by atoms with van der Waals surface area (Å²) in [6.45, 7) is 0. The van der Waals surface area contributed by atoms with Crippen molar-refractivity contribution < 1.29 is 14.6 Å². The van der Waals surface area contributed by atoms with E-state index in [4.69, 9.17) is 4.74 Å². The molecule has 40 heavy (non-hydrogen) atoms. The van der Waals surface area contributed by atoms with Gasteiger partial charge < -0.3 is 15.2 Å². The second kappa shape index (κ2) is 10.2. The predicted octanol–water partition coefficient (Wildman–Crippen LogP) is 4.93. The van der Waals surface area contributed by atoms with E-state index < -0.39 is 11.5 Å². The van der Waals surface area contributed by atoms with Gasteiger partial charge in [0.05, 0.1) is 23.1 Å². The Kier molecular flexibility index (Phi) is 6.25. The highest BCUT2D eigenvalue weighted by molar-refractivity contribution is 6.07. The fourth-order valence-electron chi connectivity index (χ4n) is 4.52. The number of fused-ring (bicyclic) bond motifs is 1. The first kappa shape index (κ1) is 24.6. The minimum Gasteiger partial charge on any atom is -0.508 e. The molecule has 0 saturated heterocycles. The standard InChI is InChI=1S/C30H22N6O4/c1-35-28(19-6-5-14-31-17-19)27(30(39)36(35)20-7-3-2-4-8-20)29(38)34-26-12-10-22(18-33-26)40-25-13-15-32-24-16-21(37)9-11-23(24)25/h2-18,37H,1H3,(H,33,34,38). The van der Waals surface area contributed by atoms with Crippen LogP contribution in [0.5, 0.6) is 17.2 Å². The van der Waals surface area contributed by atoms with Crippen LogP contribution >= 0.6 is 0 Å². The van der Waals surface area contributed by atoms with Gasteiger partial charge in [-0.3, -0.25) is 24.2 Å². The summed E-state index contributed by atoms with van der Waals surface area (Å²) in [5.41, 5.74) is 1.75. The van der Waals surface area contributed by atoms with Crippen LogP contribution < -0.4 is 15.6 Å². The molecule has 0 aliphatic carbocycles. The highest BCUT2D eigenvalue weighted by Gasteiger charge is 2.26. The average Bonchev–Trinajstić information content (AvgIpc) is 3.24. The second-order valence-electron chi connectivity index (χ2n) is 8.89. The van der Waals surface area contributed by atoms with Crippen molar-refractivity contribution in [1.29, 1.82) is 0 Å². The number of aromatic nitrogens is 5. The summed E-state index contributed by atoms with van der Waals surface area (Å²) in [5, 5.41) is 13.2. The number of rotatable bonds is 6. The zero-order valence-electron chi connectivity index (χ0n) is 21.2. The third kappa shape index (κ3) is 4.54. The van der Waals surface area contributed by atoms with Crippen molar-refractivity contribution in [2.45, 2.75) is 0 Å². The summed E-state index contributed by atoms with van der Waals surface area (Å²) >= 11 is 0. The minimum absolute atomic E-state index is 0.0343. The largest absolute Gasteiger partial charge is 0.508 e. The number of ether oxygens (including phenoxy) is 1. The molecule has 6 aromatic rings. The van der Waals surface area contributed by atoms with E-state index >= 15 is 0 Å². The second-order valence-corrected chi connectivity index (χ2v) is 8.89. The van der Waals surface area contributed by atoms with E-state index in [9.17, 15) is 14.7 Å². The fraction of sp³-hybridized carbons (Fsp3) is 0.0333. The molecule has 10 heteroatoms. The Morgan fingerprint density at radius 2 is 1.77 bits per heavy atom. The Labute approximate surface area is 227 Å². The first-order valence-electron chi connectivity index (χ1n) is 12.3. The molecule has 0 spiro atoms. The molecule has 0 radical (unpaired) electrons. The van der Waals surface area contributed by atoms with Gasteiger partial charge in [-0.1, -0.05) is 18.2 Å². The molecule has 196 valence electrons. The van der Waals surface area contributed by atoms with Crippen molar-refractivity contribution in [3.05, 3.63) is 120 Å². The van der Waals surface area contributed by atoms with Crippen molar-refractivity contribution in [1.82, 2.24) is 24.3 Å². The van der Waals surface area contributed by atoms with Gasteiger partial charge >= 0.3 is 0 Å². The molecular weight excluding hydrogens is 508 g/mol. The molecule has 0 saturated carbocycles. The number of nitrogens with one attached hydrogen (secondary N) is 1. The van der Waals surface area contributed by atoms with Gasteiger partial charge in [-0.15, -0.1) is 0 Å². The third-order valence-corrected chi connectivity index (χ3v) is 6.32. The topological polar surface area (TPSA) is 124 Å². The SMILES string of the molecule is Cn1c(-c2cccnc2)c(C(=O)Nc2ccc(Oc3ccnc4cc(O)ccc34)cn2)c(=O)n1-c1ccccc1. The first-order valence-corrected chi connectivity index (χ1v) is 12.3. The molecule has 4 aromatic heterocycles. The lowest BCUT2D eigenvalue weighted by Crippen LogP contribution is -2.25. The Hall–Kier alpha value is -5.77. The van der Waals surface area contributed by atoms with E-state index in [0.29, 0.717) is 34.0 Å². The Morgan fingerprint density at radius 1 is 0.925 bits per heavy atom. The highest BCUT2D eigenvalue weighted by Crippen LogP contribution is 2.30. The van der Waals surface area contributed by atoms with Gasteiger partial charge in [0.2, 0.25) is 0 Å². The quantitative estimate of drug-likeness (QED) is 0.313. The number of para-hydroxylation sites is 1. The van der Waals surface area contributed by atoms with Gasteiger partial charge in [0.25, 0.3) is 11.5 Å². The number of nitrogens with zero attached hydrogens (tertiary/aromatic N) is 5. The summed E-state index contributed by atoms with van der Waals surface area (Å²) in [7, 11) is 1.72. The monoisotopic (exact) mass is 530 g/mol. The predicted molar refractivity (Wildman–Crippen MR) is 150 cm³/mol. The number of benzene rings is 2. The lowest BCUT2D eigenvalue weighted by Gasteiger charge is -2.10. The summed E-state index contributed by atoms with van der Waals surface area (Å²) in [6.07, 6.45) is 6.29. The fourth-order valence-corrected chi connectivity index (χ4v) is 4.52. The number of pyridine rings is 3. The van der Waals surface area contributed by atoms with Gasteiger partial charge in [-0.2, -0.15) is 0 Å². The van der Waals surface area contributed by atoms with Gasteiger partial charge in [0.15, 0.2) is 0 Å². The molecule has 0 atom stereocenters. The van der Waals surface area contributed by atoms with E-state index in [1.54, 1.807) is 91.0 Å². The zero-order chi connectivity index (χ0) is 27.6. The Morgan fingerprint density at radius 3 is 2.52 bits per heavy atom. The number of hydrogen-bond acceptors (Lipinski definition) is 7. The van der Waals surface area contributed by atoms with Crippen molar-refractivity contribution in [3.63, 3.8) is 0 Å². The molecule has 2 N–H and O–H groups in total. The van der Waals surface area contributed by atoms with E-state index in [2.05, 4.69) is 20.3 Å². The number of phenols is 1. The lowest BCUT2D eigenvalue weighted by atomic mass is 10.1. The van der Waals surface area contributed by atoms with Crippen LogP contribution in [0.2, 0.25) is 0 Å². The molecule has 0 bridgehead atoms. The van der Waals surface area contributed by atoms with E-state index in [-0.39, 0.29) is 17.1 Å². The van der Waals surface area contributed by atoms with Gasteiger partial charge in [-0.05, 0) is 54.6 Å². The molecule has 0 unspecified atom stereocenters. The first-order chi connectivity index (χ1) is 19.5. The van der Waals surface area contributed by atoms with Crippen LogP contribution in [0.25, 0.3) is 27.8 Å². The number of carbonyl (C=O) groups is 1. The average molecular weight is 531 g/mol. The highest BCUT2D eigenvalue weighted by atomic mass is 16.5. The van der Waals surface area contributed by atoms with E-state index in [0.717, 1.165) is 5.39 Å². The number of carbonyl (C=O) groups excluding carboxylic acids is 1. The summed E-state index contributed by atoms with van der Waals surface area (Å²) < 4.78 is 9.07. The van der Waals surface area contributed by atoms with Crippen molar-refractivity contribution in [3.8, 4) is 34.2 Å². The van der Waals surface area contributed by atoms with Crippen molar-refractivity contribution in [2.24, 2.45) is 7.05 Å². The minimum atomic E-state index is -0.602. The van der Waals surface area contributed by atoms with Crippen LogP contribution in [0.4, 0.5) is 5.82 Å². The number of phenolic OH excluding ortho intramolecular Hbond substituents is 1. The van der Waals surface area contributed by atoms with Crippen LogP contribution in [0.1, 0.15) is 10.4 Å². The molecule has 6 rings (SSSR count). The third-order valence-electron chi connectivity index (χ3n) is 6.32. The van der Waals surface area contributed by atoms with Crippen LogP contribution in [0, 0.1) is 0 Å². The van der Waals surface area contributed by atoms with Crippen molar-refractivity contribution in [2.75, 3.05) is 5.32 Å². The summed E-state index contributed by atoms with van der Waals surface area (Å²) in [5.74, 6) is 0.722. The molecule has 2 aromatic carbocycles. The number of hydrogen-bond donors (Lipinski definition) is 2. The smallest absolute Gasteiger partial charge is 0.284 e. The van der Waals surface area contributed by atoms with Crippen molar-refractivity contribution >= 4 is 22.6 Å². The van der Waals surface area contributed by atoms with Crippen LogP contribution in [-0.2, 0) is 7.05 Å². The molecule has 1 amide bonds. The maximum atomic E-state index is 13.6. The summed E-state index contributed by atoms with van der Waals surface area (Å²) in [6, 6.07) is 22.4. The molecule has 4 heterocycles. The normalized spacial score (nSPS) is 10.9. The molecule has 10 nitrogen and oxygen atoms in total. The molecule has 0 fully saturated rings.